The predicted octanol–water partition coefficient (Wildman–Crippen LogP) is 16.5. The molecule has 5 aromatic heterocycles. The summed E-state index contributed by atoms with van der Waals surface area (Å²) in [6, 6.07) is 77.8. The molecule has 9 aromatic carbocycles. The van der Waals surface area contributed by atoms with Crippen molar-refractivity contribution in [2.45, 2.75) is 5.41 Å². The highest BCUT2D eigenvalue weighted by molar-refractivity contribution is 6.13. The van der Waals surface area contributed by atoms with Crippen LogP contribution in [0.2, 0.25) is 0 Å². The van der Waals surface area contributed by atoms with Gasteiger partial charge in [-0.05, 0) is 101 Å². The Hall–Kier alpha value is -10.0. The Bertz CT molecular complexity index is 4700. The molecule has 7 nitrogen and oxygen atoms in total. The number of aromatic nitrogens is 5. The molecule has 0 fully saturated rings. The maximum Gasteiger partial charge on any atom is 0.188 e. The first-order valence-corrected chi connectivity index (χ1v) is 24.6. The van der Waals surface area contributed by atoms with E-state index in [0.717, 1.165) is 112 Å². The smallest absolute Gasteiger partial charge is 0.188 e. The van der Waals surface area contributed by atoms with E-state index in [1.54, 1.807) is 0 Å². The van der Waals surface area contributed by atoms with E-state index in [1.807, 2.05) is 36.7 Å². The van der Waals surface area contributed by atoms with E-state index < -0.39 is 5.41 Å². The minimum Gasteiger partial charge on any atom is -0.457 e. The van der Waals surface area contributed by atoms with Crippen molar-refractivity contribution < 1.29 is 4.74 Å². The van der Waals surface area contributed by atoms with Gasteiger partial charge >= 0.3 is 0 Å². The van der Waals surface area contributed by atoms with Crippen LogP contribution in [0.3, 0.4) is 0 Å². The van der Waals surface area contributed by atoms with Crippen molar-refractivity contribution in [1.29, 1.82) is 0 Å². The molecule has 0 amide bonds. The first kappa shape index (κ1) is 39.8. The number of fused-ring (bicyclic) bond motifs is 18. The maximum atomic E-state index is 7.75. The lowest BCUT2D eigenvalue weighted by Gasteiger charge is -2.39. The van der Waals surface area contributed by atoms with Gasteiger partial charge in [0.05, 0.1) is 67.8 Å². The van der Waals surface area contributed by atoms with E-state index >= 15 is 0 Å². The number of benzene rings is 9. The minimum atomic E-state index is -0.785. The summed E-state index contributed by atoms with van der Waals surface area (Å²) in [5.74, 6) is 1.56. The van der Waals surface area contributed by atoms with Gasteiger partial charge in [-0.1, -0.05) is 127 Å². The molecular weight excluding hydrogens is 893 g/mol. The third-order valence-electron chi connectivity index (χ3n) is 15.6. The average molecular weight is 931 g/mol. The van der Waals surface area contributed by atoms with Crippen molar-refractivity contribution in [1.82, 2.24) is 23.7 Å². The monoisotopic (exact) mass is 930 g/mol. The zero-order valence-corrected chi connectivity index (χ0v) is 39.0. The molecule has 6 heterocycles. The molecule has 0 N–H and O–H groups in total. The summed E-state index contributed by atoms with van der Waals surface area (Å²) in [4.78, 5) is 14.2. The predicted molar refractivity (Wildman–Crippen MR) is 294 cm³/mol. The largest absolute Gasteiger partial charge is 0.457 e. The molecule has 7 heteroatoms. The number of nitrogens with zero attached hydrogens (tertiary/aromatic N) is 6. The Kier molecular flexibility index (Phi) is 8.04. The Morgan fingerprint density at radius 3 is 1.62 bits per heavy atom. The molecule has 0 saturated carbocycles. The molecule has 1 unspecified atom stereocenters. The summed E-state index contributed by atoms with van der Waals surface area (Å²) in [6.07, 6.45) is 3.89. The number of pyridine rings is 2. The number of hydrogen-bond donors (Lipinski definition) is 0. The molecule has 0 bridgehead atoms. The molecule has 1 aliphatic carbocycles. The summed E-state index contributed by atoms with van der Waals surface area (Å²) in [7, 11) is 0. The zero-order valence-electron chi connectivity index (χ0n) is 39.0. The highest BCUT2D eigenvalue weighted by atomic mass is 16.5. The molecule has 1 aliphatic heterocycles. The summed E-state index contributed by atoms with van der Waals surface area (Å²) >= 11 is 0. The zero-order chi connectivity index (χ0) is 47.9. The van der Waals surface area contributed by atoms with Gasteiger partial charge in [0, 0.05) is 73.3 Å². The summed E-state index contributed by atoms with van der Waals surface area (Å²) in [5.41, 5.74) is 17.8. The average Bonchev–Trinajstić information content (AvgIpc) is 4.16. The molecular formula is C66H38N6O. The minimum absolute atomic E-state index is 0.617. The Morgan fingerprint density at radius 1 is 0.384 bits per heavy atom. The van der Waals surface area contributed by atoms with Crippen LogP contribution in [0.15, 0.2) is 231 Å². The van der Waals surface area contributed by atoms with Crippen molar-refractivity contribution in [3.8, 4) is 51.1 Å². The van der Waals surface area contributed by atoms with Crippen LogP contribution in [0.25, 0.3) is 110 Å². The summed E-state index contributed by atoms with van der Waals surface area (Å²) in [6.45, 7) is 7.75. The second-order valence-corrected chi connectivity index (χ2v) is 19.2. The van der Waals surface area contributed by atoms with Gasteiger partial charge in [-0.25, -0.2) is 4.85 Å². The first-order valence-electron chi connectivity index (χ1n) is 24.6. The molecule has 73 heavy (non-hydrogen) atoms. The molecule has 0 radical (unpaired) electrons. The van der Waals surface area contributed by atoms with Gasteiger partial charge in [-0.3, -0.25) is 9.97 Å². The number of ether oxygens (including phenoxy) is 1. The topological polar surface area (TPSA) is 54.2 Å². The number of rotatable bonds is 4. The summed E-state index contributed by atoms with van der Waals surface area (Å²) < 4.78 is 14.1. The molecule has 0 saturated heterocycles. The van der Waals surface area contributed by atoms with E-state index in [1.165, 1.54) is 27.2 Å². The van der Waals surface area contributed by atoms with Gasteiger partial charge in [0.2, 0.25) is 0 Å². The van der Waals surface area contributed by atoms with Gasteiger partial charge in [0.25, 0.3) is 0 Å². The highest BCUT2D eigenvalue weighted by Gasteiger charge is 2.52. The number of para-hydroxylation sites is 7. The molecule has 1 atom stereocenters. The van der Waals surface area contributed by atoms with Gasteiger partial charge < -0.3 is 18.4 Å². The Balaban J connectivity index is 0.892. The van der Waals surface area contributed by atoms with Crippen LogP contribution in [0.1, 0.15) is 22.3 Å². The fraction of sp³-hybridized carbons (Fsp3) is 0.0152. The van der Waals surface area contributed by atoms with E-state index in [2.05, 4.69) is 213 Å². The van der Waals surface area contributed by atoms with Crippen LogP contribution in [0.5, 0.6) is 11.5 Å². The van der Waals surface area contributed by atoms with Gasteiger partial charge in [0.1, 0.15) is 11.5 Å². The molecule has 338 valence electrons. The third-order valence-corrected chi connectivity index (χ3v) is 15.6. The van der Waals surface area contributed by atoms with Crippen LogP contribution in [0.4, 0.5) is 5.69 Å². The normalized spacial score (nSPS) is 14.5. The second-order valence-electron chi connectivity index (χ2n) is 19.2. The standard InChI is InChI=1S/C66H38N6O/c1-67-42-29-33-58-49(37-42)47-18-4-7-21-54(47)70(58)43-30-31-51-63(38-43)73-62-27-13-6-19-50(62)66(51)52-20-14-34-68-64(52)65-53(66)36-41(39-69-65)40-28-32-59-48(35-40)46-17-5-10-24-57(46)72(59)61-26-12-11-25-60(61)71-55-22-8-2-15-44(55)45-16-3-9-23-56(45)71/h2-39H. The molecule has 16 rings (SSSR count). The lowest BCUT2D eigenvalue weighted by Crippen LogP contribution is -2.32. The first-order chi connectivity index (χ1) is 36.2. The van der Waals surface area contributed by atoms with Crippen molar-refractivity contribution >= 4 is 71.1 Å². The van der Waals surface area contributed by atoms with Crippen molar-refractivity contribution in [2.75, 3.05) is 0 Å². The fourth-order valence-electron chi connectivity index (χ4n) is 12.6. The van der Waals surface area contributed by atoms with Crippen LogP contribution in [-0.2, 0) is 5.41 Å². The highest BCUT2D eigenvalue weighted by Crippen LogP contribution is 2.62. The Labute approximate surface area is 418 Å². The van der Waals surface area contributed by atoms with Crippen LogP contribution in [0, 0.1) is 6.57 Å². The van der Waals surface area contributed by atoms with Gasteiger partial charge in [-0.2, -0.15) is 0 Å². The summed E-state index contributed by atoms with van der Waals surface area (Å²) in [5, 5.41) is 6.95. The second kappa shape index (κ2) is 14.8. The quantitative estimate of drug-likeness (QED) is 0.165. The van der Waals surface area contributed by atoms with Gasteiger partial charge in [-0.15, -0.1) is 0 Å². The van der Waals surface area contributed by atoms with E-state index in [0.29, 0.717) is 5.69 Å². The van der Waals surface area contributed by atoms with E-state index in [9.17, 15) is 0 Å². The lowest BCUT2D eigenvalue weighted by atomic mass is 9.66. The van der Waals surface area contributed by atoms with Crippen molar-refractivity contribution in [2.24, 2.45) is 0 Å². The van der Waals surface area contributed by atoms with Crippen LogP contribution in [-0.4, -0.2) is 23.7 Å². The van der Waals surface area contributed by atoms with Crippen molar-refractivity contribution in [3.05, 3.63) is 264 Å². The van der Waals surface area contributed by atoms with Gasteiger partial charge in [0.15, 0.2) is 5.69 Å². The SMILES string of the molecule is [C-]#[N+]c1ccc2c(c1)c1ccccc1n2-c1ccc2c(c1)Oc1ccccc1C21c2cccnc2-c2ncc(-c3ccc4c(c3)c3ccccc3n4-c3ccccc3-n3c4ccccc4c4ccccc43)cc21. The van der Waals surface area contributed by atoms with Crippen LogP contribution < -0.4 is 4.74 Å². The molecule has 14 aromatic rings. The molecule has 2 aliphatic rings. The fourth-order valence-corrected chi connectivity index (χ4v) is 12.6. The van der Waals surface area contributed by atoms with Crippen LogP contribution >= 0.6 is 0 Å². The number of hydrogen-bond acceptors (Lipinski definition) is 3. The van der Waals surface area contributed by atoms with E-state index in [-0.39, 0.29) is 0 Å². The maximum absolute atomic E-state index is 7.75. The Morgan fingerprint density at radius 2 is 0.918 bits per heavy atom. The van der Waals surface area contributed by atoms with Crippen molar-refractivity contribution in [3.63, 3.8) is 0 Å². The molecule has 1 spiro atoms. The third kappa shape index (κ3) is 5.30. The van der Waals surface area contributed by atoms with E-state index in [4.69, 9.17) is 21.3 Å². The lowest BCUT2D eigenvalue weighted by molar-refractivity contribution is 0.436.